The van der Waals surface area contributed by atoms with E-state index in [1.54, 1.807) is 18.7 Å². The van der Waals surface area contributed by atoms with Crippen LogP contribution >= 0.6 is 0 Å². The number of aliphatic hydroxyl groups is 1. The Morgan fingerprint density at radius 1 is 1.26 bits per heavy atom. The summed E-state index contributed by atoms with van der Waals surface area (Å²) in [6.45, 7) is 10.1. The van der Waals surface area contributed by atoms with E-state index in [1.807, 2.05) is 32.9 Å². The Balaban J connectivity index is 2.77. The van der Waals surface area contributed by atoms with Crippen molar-refractivity contribution in [3.05, 3.63) is 29.3 Å². The molecule has 1 aromatic carbocycles. The van der Waals surface area contributed by atoms with Crippen molar-refractivity contribution in [3.8, 4) is 0 Å². The maximum atomic E-state index is 12.1. The van der Waals surface area contributed by atoms with E-state index >= 15 is 0 Å². The van der Waals surface area contributed by atoms with Crippen molar-refractivity contribution in [1.29, 1.82) is 0 Å². The monoisotopic (exact) mass is 264 g/mol. The zero-order valence-electron chi connectivity index (χ0n) is 12.4. The number of benzene rings is 1. The molecule has 0 fully saturated rings. The van der Waals surface area contributed by atoms with Gasteiger partial charge in [0.25, 0.3) is 0 Å². The smallest absolute Gasteiger partial charge is 0.321 e. The summed E-state index contributed by atoms with van der Waals surface area (Å²) in [4.78, 5) is 13.7. The second kappa shape index (κ2) is 6.06. The Hall–Kier alpha value is -1.55. The standard InChI is InChI=1S/C15H24N2O2/c1-6-17(10-15(4,5)19)14(18)16-13-8-11(2)7-12(3)9-13/h7-9,19H,6,10H2,1-5H3,(H,16,18). The van der Waals surface area contributed by atoms with E-state index in [1.165, 1.54) is 0 Å². The number of nitrogens with one attached hydrogen (secondary N) is 1. The zero-order valence-corrected chi connectivity index (χ0v) is 12.4. The molecule has 2 amide bonds. The number of likely N-dealkylation sites (N-methyl/N-ethyl adjacent to an activating group) is 1. The quantitative estimate of drug-likeness (QED) is 0.878. The lowest BCUT2D eigenvalue weighted by Gasteiger charge is -2.28. The molecule has 106 valence electrons. The molecule has 1 aromatic rings. The van der Waals surface area contributed by atoms with E-state index in [-0.39, 0.29) is 6.03 Å². The fraction of sp³-hybridized carbons (Fsp3) is 0.533. The third-order valence-corrected chi connectivity index (χ3v) is 2.72. The first-order valence-electron chi connectivity index (χ1n) is 6.58. The maximum Gasteiger partial charge on any atom is 0.321 e. The molecule has 0 unspecified atom stereocenters. The summed E-state index contributed by atoms with van der Waals surface area (Å²) in [6.07, 6.45) is 0. The van der Waals surface area contributed by atoms with Gasteiger partial charge in [-0.1, -0.05) is 6.07 Å². The number of nitrogens with zero attached hydrogens (tertiary/aromatic N) is 1. The van der Waals surface area contributed by atoms with Crippen molar-refractivity contribution in [2.24, 2.45) is 0 Å². The van der Waals surface area contributed by atoms with Crippen LogP contribution in [0.25, 0.3) is 0 Å². The molecule has 0 bridgehead atoms. The van der Waals surface area contributed by atoms with Crippen LogP contribution in [0.5, 0.6) is 0 Å². The fourth-order valence-corrected chi connectivity index (χ4v) is 2.04. The van der Waals surface area contributed by atoms with Gasteiger partial charge in [-0.3, -0.25) is 0 Å². The Kier molecular flexibility index (Phi) is 4.95. The van der Waals surface area contributed by atoms with Crippen LogP contribution in [-0.2, 0) is 0 Å². The van der Waals surface area contributed by atoms with E-state index in [0.717, 1.165) is 16.8 Å². The summed E-state index contributed by atoms with van der Waals surface area (Å²) in [5, 5.41) is 12.7. The molecule has 1 rings (SSSR count). The first-order valence-corrected chi connectivity index (χ1v) is 6.58. The molecule has 0 spiro atoms. The van der Waals surface area contributed by atoms with Gasteiger partial charge in [0.05, 0.1) is 12.1 Å². The normalized spacial score (nSPS) is 11.3. The van der Waals surface area contributed by atoms with Gasteiger partial charge in [-0.25, -0.2) is 4.79 Å². The van der Waals surface area contributed by atoms with Gasteiger partial charge in [0.15, 0.2) is 0 Å². The molecule has 0 radical (unpaired) electrons. The van der Waals surface area contributed by atoms with Crippen molar-refractivity contribution in [1.82, 2.24) is 4.90 Å². The molecular formula is C15H24N2O2. The number of aryl methyl sites for hydroxylation is 2. The molecule has 0 heterocycles. The molecule has 0 aliphatic carbocycles. The molecule has 0 atom stereocenters. The molecule has 4 heteroatoms. The van der Waals surface area contributed by atoms with Crippen LogP contribution in [0.2, 0.25) is 0 Å². The summed E-state index contributed by atoms with van der Waals surface area (Å²) in [5.74, 6) is 0. The Morgan fingerprint density at radius 2 is 1.79 bits per heavy atom. The fourth-order valence-electron chi connectivity index (χ4n) is 2.04. The first kappa shape index (κ1) is 15.5. The summed E-state index contributed by atoms with van der Waals surface area (Å²) < 4.78 is 0. The molecule has 0 aliphatic heterocycles. The van der Waals surface area contributed by atoms with E-state index in [4.69, 9.17) is 0 Å². The predicted molar refractivity (Wildman–Crippen MR) is 78.5 cm³/mol. The van der Waals surface area contributed by atoms with Crippen molar-refractivity contribution in [2.75, 3.05) is 18.4 Å². The van der Waals surface area contributed by atoms with Gasteiger partial charge < -0.3 is 15.3 Å². The highest BCUT2D eigenvalue weighted by molar-refractivity contribution is 5.89. The lowest BCUT2D eigenvalue weighted by molar-refractivity contribution is 0.0501. The average molecular weight is 264 g/mol. The molecule has 19 heavy (non-hydrogen) atoms. The van der Waals surface area contributed by atoms with Crippen molar-refractivity contribution in [3.63, 3.8) is 0 Å². The van der Waals surface area contributed by atoms with Gasteiger partial charge in [-0.15, -0.1) is 0 Å². The van der Waals surface area contributed by atoms with Crippen LogP contribution < -0.4 is 5.32 Å². The molecule has 2 N–H and O–H groups in total. The minimum atomic E-state index is -0.893. The minimum Gasteiger partial charge on any atom is -0.389 e. The number of carbonyl (C=O) groups excluding carboxylic acids is 1. The summed E-state index contributed by atoms with van der Waals surface area (Å²) in [6, 6.07) is 5.74. The lowest BCUT2D eigenvalue weighted by atomic mass is 10.1. The van der Waals surface area contributed by atoms with Crippen LogP contribution in [0, 0.1) is 13.8 Å². The van der Waals surface area contributed by atoms with Crippen LogP contribution in [0.1, 0.15) is 31.9 Å². The number of anilines is 1. The number of carbonyl (C=O) groups is 1. The number of hydrogen-bond acceptors (Lipinski definition) is 2. The Bertz CT molecular complexity index is 430. The molecule has 0 saturated heterocycles. The van der Waals surface area contributed by atoms with Crippen LogP contribution in [0.15, 0.2) is 18.2 Å². The Labute approximate surface area is 115 Å². The molecular weight excluding hydrogens is 240 g/mol. The second-order valence-corrected chi connectivity index (χ2v) is 5.63. The molecule has 0 aromatic heterocycles. The number of hydrogen-bond donors (Lipinski definition) is 2. The number of rotatable bonds is 4. The van der Waals surface area contributed by atoms with E-state index < -0.39 is 5.60 Å². The largest absolute Gasteiger partial charge is 0.389 e. The van der Waals surface area contributed by atoms with Crippen molar-refractivity contribution < 1.29 is 9.90 Å². The lowest BCUT2D eigenvalue weighted by Crippen LogP contribution is -2.44. The highest BCUT2D eigenvalue weighted by Gasteiger charge is 2.21. The summed E-state index contributed by atoms with van der Waals surface area (Å²) in [7, 11) is 0. The highest BCUT2D eigenvalue weighted by atomic mass is 16.3. The van der Waals surface area contributed by atoms with Gasteiger partial charge in [0.2, 0.25) is 0 Å². The summed E-state index contributed by atoms with van der Waals surface area (Å²) >= 11 is 0. The van der Waals surface area contributed by atoms with Crippen LogP contribution in [0.4, 0.5) is 10.5 Å². The van der Waals surface area contributed by atoms with Crippen molar-refractivity contribution in [2.45, 2.75) is 40.2 Å². The van der Waals surface area contributed by atoms with Gasteiger partial charge >= 0.3 is 6.03 Å². The highest BCUT2D eigenvalue weighted by Crippen LogP contribution is 2.15. The average Bonchev–Trinajstić information content (AvgIpc) is 2.22. The van der Waals surface area contributed by atoms with Gasteiger partial charge in [-0.05, 0) is 57.9 Å². The SMILES string of the molecule is CCN(CC(C)(C)O)C(=O)Nc1cc(C)cc(C)c1. The van der Waals surface area contributed by atoms with Gasteiger partial charge in [0, 0.05) is 12.2 Å². The van der Waals surface area contributed by atoms with Gasteiger partial charge in [0.1, 0.15) is 0 Å². The van der Waals surface area contributed by atoms with E-state index in [9.17, 15) is 9.90 Å². The van der Waals surface area contributed by atoms with Crippen LogP contribution in [0.3, 0.4) is 0 Å². The second-order valence-electron chi connectivity index (χ2n) is 5.63. The van der Waals surface area contributed by atoms with Crippen molar-refractivity contribution >= 4 is 11.7 Å². The Morgan fingerprint density at radius 3 is 2.21 bits per heavy atom. The molecule has 4 nitrogen and oxygen atoms in total. The number of urea groups is 1. The van der Waals surface area contributed by atoms with Gasteiger partial charge in [-0.2, -0.15) is 0 Å². The number of amides is 2. The minimum absolute atomic E-state index is 0.186. The summed E-state index contributed by atoms with van der Waals surface area (Å²) in [5.41, 5.74) is 2.12. The third kappa shape index (κ3) is 5.30. The molecule has 0 saturated carbocycles. The maximum absolute atomic E-state index is 12.1. The topological polar surface area (TPSA) is 52.6 Å². The zero-order chi connectivity index (χ0) is 14.6. The van der Waals surface area contributed by atoms with E-state index in [0.29, 0.717) is 13.1 Å². The van der Waals surface area contributed by atoms with Crippen LogP contribution in [-0.4, -0.2) is 34.7 Å². The first-order chi connectivity index (χ1) is 8.71. The van der Waals surface area contributed by atoms with E-state index in [2.05, 4.69) is 11.4 Å². The molecule has 0 aliphatic rings. The third-order valence-electron chi connectivity index (χ3n) is 2.72. The predicted octanol–water partition coefficient (Wildman–Crippen LogP) is 2.93.